The van der Waals surface area contributed by atoms with Crippen LogP contribution in [0.25, 0.3) is 22.9 Å². The van der Waals surface area contributed by atoms with Gasteiger partial charge in [-0.3, -0.25) is 4.84 Å². The van der Waals surface area contributed by atoms with E-state index in [1.165, 1.54) is 11.1 Å². The van der Waals surface area contributed by atoms with Gasteiger partial charge in [-0.2, -0.15) is 0 Å². The summed E-state index contributed by atoms with van der Waals surface area (Å²) in [7, 11) is 0. The zero-order valence-electron chi connectivity index (χ0n) is 24.3. The van der Waals surface area contributed by atoms with Crippen LogP contribution in [-0.4, -0.2) is 5.11 Å². The molecule has 0 saturated heterocycles. The molecule has 43 heavy (non-hydrogen) atoms. The highest BCUT2D eigenvalue weighted by Crippen LogP contribution is 2.36. The van der Waals surface area contributed by atoms with Gasteiger partial charge in [0.25, 0.3) is 0 Å². The smallest absolute Gasteiger partial charge is 0.132 e. The summed E-state index contributed by atoms with van der Waals surface area (Å²) in [5, 5.41) is 12.7. The maximum Gasteiger partial charge on any atom is 0.132 e. The molecule has 1 unspecified atom stereocenters. The Morgan fingerprint density at radius 3 is 1.53 bits per heavy atom. The van der Waals surface area contributed by atoms with Gasteiger partial charge in [0, 0.05) is 22.6 Å². The van der Waals surface area contributed by atoms with Crippen molar-refractivity contribution in [1.29, 1.82) is 0 Å². The zero-order chi connectivity index (χ0) is 29.8. The van der Waals surface area contributed by atoms with E-state index in [-0.39, 0.29) is 5.75 Å². The van der Waals surface area contributed by atoms with Crippen LogP contribution in [0.2, 0.25) is 0 Å². The van der Waals surface area contributed by atoms with Gasteiger partial charge in [0.05, 0.1) is 0 Å². The molecule has 0 aliphatic carbocycles. The average molecular weight is 563 g/mol. The molecule has 0 radical (unpaired) electrons. The third-order valence-corrected chi connectivity index (χ3v) is 7.76. The molecule has 6 rings (SSSR count). The number of aryl methyl sites for hydroxylation is 2. The predicted octanol–water partition coefficient (Wildman–Crippen LogP) is 9.78. The summed E-state index contributed by atoms with van der Waals surface area (Å²) in [6.07, 6.45) is 3.61. The van der Waals surface area contributed by atoms with Gasteiger partial charge in [-0.15, -0.1) is 0 Å². The van der Waals surface area contributed by atoms with Crippen LogP contribution in [0.15, 0.2) is 133 Å². The number of nitrogens with two attached hydrogens (primary N) is 1. The first-order valence-corrected chi connectivity index (χ1v) is 14.4. The third kappa shape index (κ3) is 6.21. The molecule has 0 amide bonds. The van der Waals surface area contributed by atoms with Crippen LogP contribution in [0.4, 0.5) is 17.1 Å². The first-order valence-electron chi connectivity index (χ1n) is 14.4. The molecule has 1 atom stereocenters. The molecule has 0 fully saturated rings. The van der Waals surface area contributed by atoms with E-state index in [0.29, 0.717) is 5.56 Å². The number of phenols is 1. The second-order valence-corrected chi connectivity index (χ2v) is 10.9. The molecule has 212 valence electrons. The minimum absolute atomic E-state index is 0.157. The SMILES string of the molecule is Cc1ccc(N(c2ccc(C)cc2)c2ccc(C=Cc3ccc(C(ON)c4cc5ccccc5cc4O)cc3)cc2)cc1. The monoisotopic (exact) mass is 562 g/mol. The van der Waals surface area contributed by atoms with Crippen molar-refractivity contribution < 1.29 is 9.94 Å². The standard InChI is InChI=1S/C39H34N2O2/c1-27-7-19-34(20-8-27)41(35-21-9-28(2)10-22-35)36-23-15-30(16-24-36)12-11-29-13-17-31(18-14-29)39(43-40)37-25-32-5-3-4-6-33(32)26-38(37)42/h3-26,39,42H,40H2,1-2H3. The van der Waals surface area contributed by atoms with Crippen molar-refractivity contribution >= 4 is 40.0 Å². The summed E-state index contributed by atoms with van der Waals surface area (Å²) in [5.41, 5.74) is 9.45. The maximum absolute atomic E-state index is 10.7. The molecular formula is C39H34N2O2. The van der Waals surface area contributed by atoms with Crippen LogP contribution in [0, 0.1) is 13.8 Å². The molecule has 0 aromatic heterocycles. The van der Waals surface area contributed by atoms with Crippen molar-refractivity contribution in [3.8, 4) is 5.75 Å². The van der Waals surface area contributed by atoms with Crippen molar-refractivity contribution in [1.82, 2.24) is 0 Å². The largest absolute Gasteiger partial charge is 0.508 e. The summed E-state index contributed by atoms with van der Waals surface area (Å²) in [6, 6.07) is 45.4. The number of phenolic OH excluding ortho intramolecular Hbond substituents is 1. The van der Waals surface area contributed by atoms with Gasteiger partial charge in [0.15, 0.2) is 0 Å². The van der Waals surface area contributed by atoms with Crippen molar-refractivity contribution in [2.75, 3.05) is 4.90 Å². The van der Waals surface area contributed by atoms with E-state index in [4.69, 9.17) is 10.7 Å². The minimum Gasteiger partial charge on any atom is -0.508 e. The van der Waals surface area contributed by atoms with Gasteiger partial charge in [0.2, 0.25) is 0 Å². The van der Waals surface area contributed by atoms with Gasteiger partial charge in [-0.05, 0) is 89.8 Å². The molecule has 0 aliphatic heterocycles. The molecule has 0 spiro atoms. The van der Waals surface area contributed by atoms with E-state index < -0.39 is 6.10 Å². The third-order valence-electron chi connectivity index (χ3n) is 7.76. The van der Waals surface area contributed by atoms with Gasteiger partial charge in [-0.1, -0.05) is 108 Å². The van der Waals surface area contributed by atoms with E-state index in [9.17, 15) is 5.11 Å². The first-order chi connectivity index (χ1) is 21.0. The number of fused-ring (bicyclic) bond motifs is 1. The molecule has 0 saturated carbocycles. The number of rotatable bonds is 8. The van der Waals surface area contributed by atoms with Crippen LogP contribution in [0.5, 0.6) is 5.75 Å². The highest BCUT2D eigenvalue weighted by Gasteiger charge is 2.19. The second-order valence-electron chi connectivity index (χ2n) is 10.9. The summed E-state index contributed by atoms with van der Waals surface area (Å²) < 4.78 is 0. The zero-order valence-corrected chi connectivity index (χ0v) is 24.3. The van der Waals surface area contributed by atoms with Crippen molar-refractivity contribution in [2.45, 2.75) is 20.0 Å². The Labute approximate surface area is 252 Å². The van der Waals surface area contributed by atoms with Gasteiger partial charge >= 0.3 is 0 Å². The Bertz CT molecular complexity index is 1810. The van der Waals surface area contributed by atoms with Crippen molar-refractivity contribution in [2.24, 2.45) is 5.90 Å². The normalized spacial score (nSPS) is 12.1. The molecule has 6 aromatic rings. The number of nitrogens with zero attached hydrogens (tertiary/aromatic N) is 1. The first kappa shape index (κ1) is 28.0. The number of anilines is 3. The van der Waals surface area contributed by atoms with Gasteiger partial charge in [-0.25, -0.2) is 5.90 Å². The molecule has 6 aromatic carbocycles. The summed E-state index contributed by atoms with van der Waals surface area (Å²) in [6.45, 7) is 4.21. The highest BCUT2D eigenvalue weighted by atomic mass is 16.6. The topological polar surface area (TPSA) is 58.7 Å². The molecular weight excluding hydrogens is 528 g/mol. The summed E-state index contributed by atoms with van der Waals surface area (Å²) in [5.74, 6) is 5.87. The van der Waals surface area contributed by atoms with Gasteiger partial charge in [0.1, 0.15) is 11.9 Å². The van der Waals surface area contributed by atoms with E-state index in [0.717, 1.165) is 44.5 Å². The van der Waals surface area contributed by atoms with E-state index in [1.54, 1.807) is 6.07 Å². The molecule has 0 heterocycles. The Morgan fingerprint density at radius 2 is 1.05 bits per heavy atom. The highest BCUT2D eigenvalue weighted by molar-refractivity contribution is 5.85. The van der Waals surface area contributed by atoms with Crippen LogP contribution < -0.4 is 10.8 Å². The van der Waals surface area contributed by atoms with E-state index >= 15 is 0 Å². The van der Waals surface area contributed by atoms with E-state index in [2.05, 4.69) is 104 Å². The molecule has 0 bridgehead atoms. The fourth-order valence-electron chi connectivity index (χ4n) is 5.33. The molecule has 4 heteroatoms. The van der Waals surface area contributed by atoms with Crippen molar-refractivity contribution in [3.05, 3.63) is 167 Å². The fraction of sp³-hybridized carbons (Fsp3) is 0.0769. The lowest BCUT2D eigenvalue weighted by molar-refractivity contribution is 0.0797. The summed E-state index contributed by atoms with van der Waals surface area (Å²) >= 11 is 0. The Hall–Kier alpha value is -5.16. The molecule has 0 aliphatic rings. The van der Waals surface area contributed by atoms with Crippen LogP contribution in [0.3, 0.4) is 0 Å². The summed E-state index contributed by atoms with van der Waals surface area (Å²) in [4.78, 5) is 7.62. The maximum atomic E-state index is 10.7. The molecule has 4 nitrogen and oxygen atoms in total. The van der Waals surface area contributed by atoms with E-state index in [1.807, 2.05) is 54.6 Å². The van der Waals surface area contributed by atoms with Crippen LogP contribution in [-0.2, 0) is 4.84 Å². The quantitative estimate of drug-likeness (QED) is 0.143. The van der Waals surface area contributed by atoms with Crippen LogP contribution >= 0.6 is 0 Å². The second kappa shape index (κ2) is 12.4. The Kier molecular flexibility index (Phi) is 8.05. The number of aromatic hydroxyl groups is 1. The number of hydrogen-bond acceptors (Lipinski definition) is 4. The predicted molar refractivity (Wildman–Crippen MR) is 179 cm³/mol. The number of hydrogen-bond donors (Lipinski definition) is 2. The van der Waals surface area contributed by atoms with Crippen molar-refractivity contribution in [3.63, 3.8) is 0 Å². The minimum atomic E-state index is -0.583. The lowest BCUT2D eigenvalue weighted by Crippen LogP contribution is -2.11. The lowest BCUT2D eigenvalue weighted by Gasteiger charge is -2.25. The number of benzene rings is 6. The average Bonchev–Trinajstić information content (AvgIpc) is 3.04. The van der Waals surface area contributed by atoms with Crippen LogP contribution in [0.1, 0.15) is 39.5 Å². The fourth-order valence-corrected chi connectivity index (χ4v) is 5.33. The Balaban J connectivity index is 1.21. The van der Waals surface area contributed by atoms with Gasteiger partial charge < -0.3 is 10.0 Å². The lowest BCUT2D eigenvalue weighted by atomic mass is 9.96. The molecule has 3 N–H and O–H groups in total. The Morgan fingerprint density at radius 1 is 0.605 bits per heavy atom.